The summed E-state index contributed by atoms with van der Waals surface area (Å²) in [6, 6.07) is 11.3. The van der Waals surface area contributed by atoms with E-state index in [4.69, 9.17) is 10.00 Å². The fourth-order valence-electron chi connectivity index (χ4n) is 4.01. The number of benzene rings is 1. The van der Waals surface area contributed by atoms with Crippen molar-refractivity contribution in [3.63, 3.8) is 0 Å². The first-order valence-electron chi connectivity index (χ1n) is 9.27. The summed E-state index contributed by atoms with van der Waals surface area (Å²) in [6.45, 7) is 1.16. The van der Waals surface area contributed by atoms with E-state index < -0.39 is 0 Å². The van der Waals surface area contributed by atoms with Gasteiger partial charge in [0.15, 0.2) is 0 Å². The smallest absolute Gasteiger partial charge is 0.226 e. The van der Waals surface area contributed by atoms with Crippen LogP contribution >= 0.6 is 0 Å². The van der Waals surface area contributed by atoms with Crippen LogP contribution < -0.4 is 15.4 Å². The van der Waals surface area contributed by atoms with Crippen molar-refractivity contribution in [3.05, 3.63) is 42.1 Å². The summed E-state index contributed by atoms with van der Waals surface area (Å²) in [5.74, 6) is 1.67. The second kappa shape index (κ2) is 7.30. The lowest BCUT2D eigenvalue weighted by Gasteiger charge is -2.37. The summed E-state index contributed by atoms with van der Waals surface area (Å²) in [4.78, 5) is 8.79. The summed E-state index contributed by atoms with van der Waals surface area (Å²) < 4.78 is 5.77. The summed E-state index contributed by atoms with van der Waals surface area (Å²) in [5.41, 5.74) is 0.946. The lowest BCUT2D eigenvalue weighted by molar-refractivity contribution is 0.251. The summed E-state index contributed by atoms with van der Waals surface area (Å²) in [7, 11) is 0. The van der Waals surface area contributed by atoms with Gasteiger partial charge in [0, 0.05) is 23.8 Å². The van der Waals surface area contributed by atoms with E-state index in [9.17, 15) is 0 Å². The molecule has 6 nitrogen and oxygen atoms in total. The average Bonchev–Trinajstić information content (AvgIpc) is 3.12. The fourth-order valence-corrected chi connectivity index (χ4v) is 4.01. The van der Waals surface area contributed by atoms with Crippen molar-refractivity contribution in [2.75, 3.05) is 11.9 Å². The highest BCUT2D eigenvalue weighted by molar-refractivity contribution is 5.38. The van der Waals surface area contributed by atoms with Crippen LogP contribution in [0.15, 0.2) is 36.5 Å². The molecule has 1 aliphatic carbocycles. The van der Waals surface area contributed by atoms with E-state index in [-0.39, 0.29) is 0 Å². The quantitative estimate of drug-likeness (QED) is 0.877. The Kier molecular flexibility index (Phi) is 4.72. The van der Waals surface area contributed by atoms with Crippen LogP contribution in [0.3, 0.4) is 0 Å². The topological polar surface area (TPSA) is 82.9 Å². The number of nitrogens with one attached hydrogen (secondary N) is 2. The molecule has 1 spiro atoms. The fraction of sp³-hybridized carbons (Fsp3) is 0.450. The molecular weight excluding hydrogens is 326 g/mol. The zero-order valence-corrected chi connectivity index (χ0v) is 14.7. The third kappa shape index (κ3) is 3.78. The van der Waals surface area contributed by atoms with Gasteiger partial charge in [0.2, 0.25) is 11.8 Å². The summed E-state index contributed by atoms with van der Waals surface area (Å²) in [6.07, 6.45) is 8.98. The normalized spacial score (nSPS) is 25.0. The molecule has 6 heteroatoms. The SMILES string of the molecule is N#Cc1cccc(Oc2ccnc(NC3CCC4(CCCN4)CC3)n2)c1. The molecule has 2 N–H and O–H groups in total. The van der Waals surface area contributed by atoms with Gasteiger partial charge in [-0.05, 0) is 63.3 Å². The molecule has 0 bridgehead atoms. The summed E-state index contributed by atoms with van der Waals surface area (Å²) in [5, 5.41) is 16.1. The number of aromatic nitrogens is 2. The molecule has 0 unspecified atom stereocenters. The zero-order valence-electron chi connectivity index (χ0n) is 14.7. The number of nitriles is 1. The predicted octanol–water partition coefficient (Wildman–Crippen LogP) is 3.62. The predicted molar refractivity (Wildman–Crippen MR) is 99.1 cm³/mol. The van der Waals surface area contributed by atoms with Crippen molar-refractivity contribution in [2.24, 2.45) is 0 Å². The van der Waals surface area contributed by atoms with Crippen LogP contribution in [-0.4, -0.2) is 28.1 Å². The Hall–Kier alpha value is -2.65. The Balaban J connectivity index is 1.38. The van der Waals surface area contributed by atoms with Gasteiger partial charge in [-0.2, -0.15) is 10.2 Å². The Bertz CT molecular complexity index is 800. The van der Waals surface area contributed by atoms with E-state index in [1.165, 1.54) is 25.7 Å². The van der Waals surface area contributed by atoms with Crippen LogP contribution in [0.25, 0.3) is 0 Å². The van der Waals surface area contributed by atoms with Gasteiger partial charge in [-0.15, -0.1) is 0 Å². The Morgan fingerprint density at radius 1 is 1.23 bits per heavy atom. The van der Waals surface area contributed by atoms with Crippen LogP contribution in [0.5, 0.6) is 11.6 Å². The van der Waals surface area contributed by atoms with Crippen LogP contribution in [0.2, 0.25) is 0 Å². The minimum absolute atomic E-state index is 0.385. The van der Waals surface area contributed by atoms with Crippen LogP contribution in [0.4, 0.5) is 5.95 Å². The molecule has 26 heavy (non-hydrogen) atoms. The van der Waals surface area contributed by atoms with Crippen LogP contribution in [0, 0.1) is 11.3 Å². The van der Waals surface area contributed by atoms with Gasteiger partial charge in [-0.25, -0.2) is 4.98 Å². The second-order valence-electron chi connectivity index (χ2n) is 7.19. The molecule has 0 atom stereocenters. The average molecular weight is 349 g/mol. The molecule has 1 aromatic heterocycles. The van der Waals surface area contributed by atoms with E-state index in [1.54, 1.807) is 30.5 Å². The Morgan fingerprint density at radius 2 is 2.12 bits per heavy atom. The zero-order chi connectivity index (χ0) is 17.8. The maximum atomic E-state index is 8.99. The largest absolute Gasteiger partial charge is 0.439 e. The van der Waals surface area contributed by atoms with E-state index in [0.29, 0.717) is 34.7 Å². The van der Waals surface area contributed by atoms with Crippen molar-refractivity contribution in [2.45, 2.75) is 50.1 Å². The van der Waals surface area contributed by atoms with Gasteiger partial charge < -0.3 is 15.4 Å². The van der Waals surface area contributed by atoms with Crippen LogP contribution in [-0.2, 0) is 0 Å². The van der Waals surface area contributed by atoms with Gasteiger partial charge in [-0.3, -0.25) is 0 Å². The minimum atomic E-state index is 0.385. The molecule has 1 aromatic carbocycles. The number of hydrogen-bond donors (Lipinski definition) is 2. The van der Waals surface area contributed by atoms with Gasteiger partial charge in [-0.1, -0.05) is 6.07 Å². The monoisotopic (exact) mass is 349 g/mol. The van der Waals surface area contributed by atoms with E-state index >= 15 is 0 Å². The highest BCUT2D eigenvalue weighted by Crippen LogP contribution is 2.36. The maximum Gasteiger partial charge on any atom is 0.226 e. The minimum Gasteiger partial charge on any atom is -0.439 e. The molecule has 2 aromatic rings. The molecule has 2 heterocycles. The molecule has 2 fully saturated rings. The first-order chi connectivity index (χ1) is 12.7. The van der Waals surface area contributed by atoms with Gasteiger partial charge in [0.05, 0.1) is 11.6 Å². The third-order valence-electron chi connectivity index (χ3n) is 5.42. The van der Waals surface area contributed by atoms with Gasteiger partial charge in [0.25, 0.3) is 0 Å². The van der Waals surface area contributed by atoms with E-state index in [1.807, 2.05) is 6.07 Å². The lowest BCUT2D eigenvalue weighted by Crippen LogP contribution is -2.45. The number of nitrogens with zero attached hydrogens (tertiary/aromatic N) is 3. The number of ether oxygens (including phenoxy) is 1. The van der Waals surface area contributed by atoms with E-state index in [2.05, 4.69) is 26.7 Å². The maximum absolute atomic E-state index is 8.99. The van der Waals surface area contributed by atoms with Crippen LogP contribution in [0.1, 0.15) is 44.1 Å². The van der Waals surface area contributed by atoms with E-state index in [0.717, 1.165) is 19.4 Å². The second-order valence-corrected chi connectivity index (χ2v) is 7.19. The summed E-state index contributed by atoms with van der Waals surface area (Å²) >= 11 is 0. The van der Waals surface area contributed by atoms with Crippen molar-refractivity contribution >= 4 is 5.95 Å². The van der Waals surface area contributed by atoms with Gasteiger partial charge >= 0.3 is 0 Å². The number of hydrogen-bond acceptors (Lipinski definition) is 6. The standard InChI is InChI=1S/C20H23N5O/c21-14-15-3-1-4-17(13-15)26-18-7-12-22-19(25-18)24-16-5-9-20(10-6-16)8-2-11-23-20/h1,3-4,7,12-13,16,23H,2,5-6,8-11H2,(H,22,24,25). The Morgan fingerprint density at radius 3 is 2.88 bits per heavy atom. The van der Waals surface area contributed by atoms with Crippen molar-refractivity contribution in [1.29, 1.82) is 5.26 Å². The van der Waals surface area contributed by atoms with Crippen molar-refractivity contribution < 1.29 is 4.74 Å². The first kappa shape index (κ1) is 16.8. The molecule has 134 valence electrons. The molecule has 0 radical (unpaired) electrons. The molecule has 1 saturated heterocycles. The molecule has 4 rings (SSSR count). The molecule has 1 aliphatic heterocycles. The Labute approximate surface area is 153 Å². The molecule has 0 amide bonds. The molecule has 1 saturated carbocycles. The third-order valence-corrected chi connectivity index (χ3v) is 5.42. The molecule has 2 aliphatic rings. The highest BCUT2D eigenvalue weighted by atomic mass is 16.5. The van der Waals surface area contributed by atoms with Crippen molar-refractivity contribution in [3.8, 4) is 17.7 Å². The molecular formula is C20H23N5O. The first-order valence-corrected chi connectivity index (χ1v) is 9.27. The van der Waals surface area contributed by atoms with Crippen molar-refractivity contribution in [1.82, 2.24) is 15.3 Å². The lowest BCUT2D eigenvalue weighted by atomic mass is 9.78. The van der Waals surface area contributed by atoms with Gasteiger partial charge in [0.1, 0.15) is 5.75 Å². The number of anilines is 1. The highest BCUT2D eigenvalue weighted by Gasteiger charge is 2.37. The number of rotatable bonds is 4.